The van der Waals surface area contributed by atoms with Crippen LogP contribution >= 0.6 is 0 Å². The maximum Gasteiger partial charge on any atom is 0.323 e. The number of ether oxygens (including phenoxy) is 1. The van der Waals surface area contributed by atoms with Crippen LogP contribution in [0.5, 0.6) is 0 Å². The van der Waals surface area contributed by atoms with Gasteiger partial charge in [-0.1, -0.05) is 20.8 Å². The highest BCUT2D eigenvalue weighted by atomic mass is 16.5. The monoisotopic (exact) mass is 374 g/mol. The predicted molar refractivity (Wildman–Crippen MR) is 109 cm³/mol. The van der Waals surface area contributed by atoms with Gasteiger partial charge in [0.2, 0.25) is 0 Å². The summed E-state index contributed by atoms with van der Waals surface area (Å²) in [6.45, 7) is 12.0. The van der Waals surface area contributed by atoms with E-state index in [1.165, 1.54) is 7.11 Å². The van der Waals surface area contributed by atoms with Crippen molar-refractivity contribution >= 4 is 12.8 Å². The smallest absolute Gasteiger partial charge is 0.323 e. The van der Waals surface area contributed by atoms with Crippen LogP contribution in [0.25, 0.3) is 0 Å². The molecule has 0 aliphatic carbocycles. The first-order valence-corrected chi connectivity index (χ1v) is 9.49. The lowest BCUT2D eigenvalue weighted by molar-refractivity contribution is -0.144. The fourth-order valence-corrected chi connectivity index (χ4v) is 3.26. The lowest BCUT2D eigenvalue weighted by atomic mass is 9.88. The zero-order valence-electron chi connectivity index (χ0n) is 18.0. The van der Waals surface area contributed by atoms with Crippen molar-refractivity contribution < 1.29 is 14.3 Å². The third-order valence-electron chi connectivity index (χ3n) is 4.79. The molecule has 26 heavy (non-hydrogen) atoms. The number of methoxy groups -OCH3 is 1. The van der Waals surface area contributed by atoms with Gasteiger partial charge in [-0.05, 0) is 66.0 Å². The highest BCUT2D eigenvalue weighted by Crippen LogP contribution is 2.22. The van der Waals surface area contributed by atoms with Crippen molar-refractivity contribution in [3.8, 4) is 0 Å². The Morgan fingerprint density at radius 3 is 2.15 bits per heavy atom. The van der Waals surface area contributed by atoms with Gasteiger partial charge in [0, 0.05) is 12.1 Å². The molecule has 0 aromatic rings. The molecular formula is C19H42N4O3. The molecule has 0 aromatic heterocycles. The van der Waals surface area contributed by atoms with Crippen molar-refractivity contribution in [3.05, 3.63) is 0 Å². The summed E-state index contributed by atoms with van der Waals surface area (Å²) in [6.07, 6.45) is 3.17. The highest BCUT2D eigenvalue weighted by Gasteiger charge is 2.33. The Bertz CT molecular complexity index is 356. The molecule has 0 heterocycles. The van der Waals surface area contributed by atoms with E-state index >= 15 is 0 Å². The second kappa shape index (κ2) is 16.2. The first-order valence-electron chi connectivity index (χ1n) is 9.49. The second-order valence-corrected chi connectivity index (χ2v) is 6.98. The number of hydrogen-bond donors (Lipinski definition) is 3. The van der Waals surface area contributed by atoms with Crippen LogP contribution in [-0.2, 0) is 14.3 Å². The van der Waals surface area contributed by atoms with Gasteiger partial charge in [0.15, 0.2) is 0 Å². The Hall–Kier alpha value is -1.02. The maximum absolute atomic E-state index is 11.9. The predicted octanol–water partition coefficient (Wildman–Crippen LogP) is 0.888. The summed E-state index contributed by atoms with van der Waals surface area (Å²) in [5.41, 5.74) is 0.0679. The zero-order valence-corrected chi connectivity index (χ0v) is 18.0. The third kappa shape index (κ3) is 9.62. The van der Waals surface area contributed by atoms with Gasteiger partial charge in [0.25, 0.3) is 0 Å². The molecule has 2 atom stereocenters. The molecule has 0 amide bonds. The van der Waals surface area contributed by atoms with E-state index in [0.717, 1.165) is 45.4 Å². The van der Waals surface area contributed by atoms with Gasteiger partial charge in [0.05, 0.1) is 7.11 Å². The van der Waals surface area contributed by atoms with E-state index in [1.807, 2.05) is 34.7 Å². The fraction of sp³-hybridized carbons (Fsp3) is 0.895. The standard InChI is InChI=1S/C18H40N4O2.CH2O/c1-8-13-22(6)18(14-20-5,9-11-19-4)10-12-21-16(15(2)3)17(23)24-7;1-2/h15-16,19-21H,8-14H2,1-7H3;1H2. The SMILES string of the molecule is C=O.CCCN(C)C(CCNC)(CCNC(C(=O)OC)C(C)C)CNC. The van der Waals surface area contributed by atoms with Crippen molar-refractivity contribution in [2.45, 2.75) is 51.6 Å². The summed E-state index contributed by atoms with van der Waals surface area (Å²) in [4.78, 5) is 22.4. The molecule has 0 saturated carbocycles. The maximum atomic E-state index is 11.9. The molecule has 0 rings (SSSR count). The molecule has 0 bridgehead atoms. The third-order valence-corrected chi connectivity index (χ3v) is 4.79. The number of carbonyl (C=O) groups excluding carboxylic acids is 2. The fourth-order valence-electron chi connectivity index (χ4n) is 3.26. The molecule has 0 spiro atoms. The first-order chi connectivity index (χ1) is 12.4. The summed E-state index contributed by atoms with van der Waals surface area (Å²) in [7, 11) is 7.66. The van der Waals surface area contributed by atoms with Gasteiger partial charge in [-0.3, -0.25) is 9.69 Å². The molecule has 0 fully saturated rings. The van der Waals surface area contributed by atoms with E-state index in [9.17, 15) is 4.79 Å². The molecule has 2 unspecified atom stereocenters. The Morgan fingerprint density at radius 1 is 1.15 bits per heavy atom. The van der Waals surface area contributed by atoms with E-state index in [1.54, 1.807) is 0 Å². The summed E-state index contributed by atoms with van der Waals surface area (Å²) >= 11 is 0. The molecule has 0 saturated heterocycles. The minimum Gasteiger partial charge on any atom is -0.468 e. The van der Waals surface area contributed by atoms with Gasteiger partial charge in [0.1, 0.15) is 12.8 Å². The van der Waals surface area contributed by atoms with Crippen molar-refractivity contribution in [3.63, 3.8) is 0 Å². The van der Waals surface area contributed by atoms with Crippen LogP contribution in [0, 0.1) is 5.92 Å². The Morgan fingerprint density at radius 2 is 1.73 bits per heavy atom. The lowest BCUT2D eigenvalue weighted by Crippen LogP contribution is -2.56. The first kappa shape index (κ1) is 27.2. The molecular weight excluding hydrogens is 332 g/mol. The van der Waals surface area contributed by atoms with Crippen LogP contribution < -0.4 is 16.0 Å². The average Bonchev–Trinajstić information content (AvgIpc) is 2.64. The number of esters is 1. The molecule has 0 aliphatic rings. The number of carbonyl (C=O) groups is 2. The summed E-state index contributed by atoms with van der Waals surface area (Å²) in [6, 6.07) is -0.247. The van der Waals surface area contributed by atoms with Gasteiger partial charge in [-0.25, -0.2) is 0 Å². The zero-order chi connectivity index (χ0) is 20.6. The van der Waals surface area contributed by atoms with E-state index in [-0.39, 0.29) is 23.5 Å². The Labute approximate surface area is 160 Å². The topological polar surface area (TPSA) is 82.7 Å². The van der Waals surface area contributed by atoms with Gasteiger partial charge in [-0.15, -0.1) is 0 Å². The van der Waals surface area contributed by atoms with E-state index in [2.05, 4.69) is 34.8 Å². The molecule has 0 aromatic carbocycles. The average molecular weight is 375 g/mol. The van der Waals surface area contributed by atoms with Crippen molar-refractivity contribution in [1.82, 2.24) is 20.9 Å². The van der Waals surface area contributed by atoms with Crippen molar-refractivity contribution in [2.75, 3.05) is 54.4 Å². The Balaban J connectivity index is 0. The van der Waals surface area contributed by atoms with Crippen molar-refractivity contribution in [1.29, 1.82) is 0 Å². The lowest BCUT2D eigenvalue weighted by Gasteiger charge is -2.43. The number of likely N-dealkylation sites (N-methyl/N-ethyl adjacent to an activating group) is 2. The number of nitrogens with one attached hydrogen (secondary N) is 3. The quantitative estimate of drug-likeness (QED) is 0.390. The van der Waals surface area contributed by atoms with E-state index in [0.29, 0.717) is 0 Å². The van der Waals surface area contributed by atoms with Crippen LogP contribution in [0.1, 0.15) is 40.0 Å². The van der Waals surface area contributed by atoms with Crippen LogP contribution in [0.4, 0.5) is 0 Å². The number of rotatable bonds is 14. The highest BCUT2D eigenvalue weighted by molar-refractivity contribution is 5.75. The minimum absolute atomic E-state index is 0.0679. The summed E-state index contributed by atoms with van der Waals surface area (Å²) in [5.74, 6) is 0.0307. The molecule has 7 nitrogen and oxygen atoms in total. The molecule has 7 heteroatoms. The van der Waals surface area contributed by atoms with Crippen molar-refractivity contribution in [2.24, 2.45) is 5.92 Å². The second-order valence-electron chi connectivity index (χ2n) is 6.98. The van der Waals surface area contributed by atoms with Crippen LogP contribution in [-0.4, -0.2) is 83.7 Å². The van der Waals surface area contributed by atoms with E-state index in [4.69, 9.17) is 9.53 Å². The van der Waals surface area contributed by atoms with Gasteiger partial charge < -0.3 is 25.5 Å². The molecule has 156 valence electrons. The van der Waals surface area contributed by atoms with Gasteiger partial charge in [-0.2, -0.15) is 0 Å². The molecule has 3 N–H and O–H groups in total. The molecule has 0 radical (unpaired) electrons. The normalized spacial score (nSPS) is 14.5. The number of hydrogen-bond acceptors (Lipinski definition) is 7. The summed E-state index contributed by atoms with van der Waals surface area (Å²) < 4.78 is 4.92. The summed E-state index contributed by atoms with van der Waals surface area (Å²) in [5, 5.41) is 10.0. The van der Waals surface area contributed by atoms with Crippen LogP contribution in [0.15, 0.2) is 0 Å². The Kier molecular flexibility index (Phi) is 16.9. The number of nitrogens with zero attached hydrogens (tertiary/aromatic N) is 1. The molecule has 0 aliphatic heterocycles. The largest absolute Gasteiger partial charge is 0.468 e. The van der Waals surface area contributed by atoms with Crippen LogP contribution in [0.2, 0.25) is 0 Å². The van der Waals surface area contributed by atoms with Gasteiger partial charge >= 0.3 is 5.97 Å². The van der Waals surface area contributed by atoms with E-state index < -0.39 is 0 Å². The van der Waals surface area contributed by atoms with Crippen LogP contribution in [0.3, 0.4) is 0 Å². The minimum atomic E-state index is -0.247.